The van der Waals surface area contributed by atoms with Crippen molar-refractivity contribution >= 4 is 5.91 Å². The lowest BCUT2D eigenvalue weighted by Gasteiger charge is -2.32. The third kappa shape index (κ3) is 3.82. The summed E-state index contributed by atoms with van der Waals surface area (Å²) in [4.78, 5) is 37.9. The van der Waals surface area contributed by atoms with E-state index in [2.05, 4.69) is 9.97 Å². The van der Waals surface area contributed by atoms with Crippen molar-refractivity contribution in [1.82, 2.24) is 24.3 Å². The van der Waals surface area contributed by atoms with E-state index in [-0.39, 0.29) is 36.1 Å². The van der Waals surface area contributed by atoms with Crippen LogP contribution in [0.1, 0.15) is 17.3 Å². The van der Waals surface area contributed by atoms with E-state index >= 15 is 0 Å². The second-order valence-corrected chi connectivity index (χ2v) is 9.26. The molecular weight excluding hydrogens is 456 g/mol. The number of pyridine rings is 1. The van der Waals surface area contributed by atoms with Crippen molar-refractivity contribution in [3.63, 3.8) is 0 Å². The van der Waals surface area contributed by atoms with E-state index in [1.807, 2.05) is 6.07 Å². The molecule has 5 rings (SSSR count). The molecule has 0 unspecified atom stereocenters. The first-order chi connectivity index (χ1) is 16.8. The molecule has 0 saturated carbocycles. The van der Waals surface area contributed by atoms with E-state index in [1.165, 1.54) is 11.2 Å². The Bertz CT molecular complexity index is 1330. The molecule has 4 atom stereocenters. The SMILES string of the molecule is CN(C)C(=O)[C@H]1[C@H](CO)[C@H]2Cn3c(ccc(-c4cncnc4)c3=O)[C@H]2N1Cc1cc(F)ccc1F. The summed E-state index contributed by atoms with van der Waals surface area (Å²) in [6.45, 7) is -0.0332. The van der Waals surface area contributed by atoms with E-state index in [0.29, 0.717) is 23.4 Å². The Kier molecular flexibility index (Phi) is 5.94. The third-order valence-electron chi connectivity index (χ3n) is 7.12. The number of benzene rings is 1. The zero-order valence-corrected chi connectivity index (χ0v) is 19.3. The molecule has 1 fully saturated rings. The number of amides is 1. The lowest BCUT2D eigenvalue weighted by molar-refractivity contribution is -0.136. The zero-order chi connectivity index (χ0) is 24.9. The predicted octanol–water partition coefficient (Wildman–Crippen LogP) is 1.84. The molecule has 182 valence electrons. The minimum absolute atomic E-state index is 0.0476. The van der Waals surface area contributed by atoms with Gasteiger partial charge in [0.25, 0.3) is 5.56 Å². The number of hydrogen-bond donors (Lipinski definition) is 1. The smallest absolute Gasteiger partial charge is 0.258 e. The van der Waals surface area contributed by atoms with Crippen LogP contribution in [0.15, 0.2) is 53.8 Å². The van der Waals surface area contributed by atoms with Crippen LogP contribution in [0.4, 0.5) is 8.78 Å². The number of aliphatic hydroxyl groups is 1. The molecule has 1 saturated heterocycles. The average molecular weight is 482 g/mol. The first-order valence-electron chi connectivity index (χ1n) is 11.3. The lowest BCUT2D eigenvalue weighted by Crippen LogP contribution is -2.47. The van der Waals surface area contributed by atoms with Crippen molar-refractivity contribution in [2.45, 2.75) is 25.2 Å². The third-order valence-corrected chi connectivity index (χ3v) is 7.12. The van der Waals surface area contributed by atoms with Gasteiger partial charge in [-0.2, -0.15) is 0 Å². The van der Waals surface area contributed by atoms with Crippen molar-refractivity contribution in [2.75, 3.05) is 20.7 Å². The highest BCUT2D eigenvalue weighted by Crippen LogP contribution is 2.50. The molecular formula is C25H25F2N5O3. The van der Waals surface area contributed by atoms with Crippen LogP contribution in [0.3, 0.4) is 0 Å². The van der Waals surface area contributed by atoms with Gasteiger partial charge in [0, 0.05) is 74.8 Å². The summed E-state index contributed by atoms with van der Waals surface area (Å²) < 4.78 is 30.2. The number of aromatic nitrogens is 3. The Morgan fingerprint density at radius 1 is 1.17 bits per heavy atom. The monoisotopic (exact) mass is 481 g/mol. The van der Waals surface area contributed by atoms with Crippen LogP contribution in [0.25, 0.3) is 11.1 Å². The lowest BCUT2D eigenvalue weighted by atomic mass is 9.88. The molecule has 2 aliphatic heterocycles. The maximum Gasteiger partial charge on any atom is 0.258 e. The summed E-state index contributed by atoms with van der Waals surface area (Å²) in [6.07, 6.45) is 4.51. The largest absolute Gasteiger partial charge is 0.396 e. The number of halogens is 2. The highest BCUT2D eigenvalue weighted by atomic mass is 19.1. The molecule has 0 bridgehead atoms. The second-order valence-electron chi connectivity index (χ2n) is 9.26. The normalized spacial score (nSPS) is 23.2. The van der Waals surface area contributed by atoms with Gasteiger partial charge < -0.3 is 14.6 Å². The summed E-state index contributed by atoms with van der Waals surface area (Å²) >= 11 is 0. The number of nitrogens with zero attached hydrogens (tertiary/aromatic N) is 5. The number of aliphatic hydroxyl groups excluding tert-OH is 1. The molecule has 2 aliphatic rings. The minimum atomic E-state index is -0.751. The summed E-state index contributed by atoms with van der Waals surface area (Å²) in [5.74, 6) is -2.15. The van der Waals surface area contributed by atoms with Crippen LogP contribution in [0.2, 0.25) is 0 Å². The van der Waals surface area contributed by atoms with Crippen LogP contribution in [0.5, 0.6) is 0 Å². The quantitative estimate of drug-likeness (QED) is 0.598. The molecule has 0 aliphatic carbocycles. The molecule has 35 heavy (non-hydrogen) atoms. The molecule has 2 aromatic heterocycles. The fourth-order valence-electron chi connectivity index (χ4n) is 5.55. The highest BCUT2D eigenvalue weighted by Gasteiger charge is 2.55. The highest BCUT2D eigenvalue weighted by molar-refractivity contribution is 5.82. The van der Waals surface area contributed by atoms with Crippen LogP contribution in [-0.4, -0.2) is 62.1 Å². The topological polar surface area (TPSA) is 91.6 Å². The Morgan fingerprint density at radius 2 is 1.91 bits per heavy atom. The number of fused-ring (bicyclic) bond motifs is 3. The zero-order valence-electron chi connectivity index (χ0n) is 19.3. The Morgan fingerprint density at radius 3 is 2.60 bits per heavy atom. The van der Waals surface area contributed by atoms with Crippen molar-refractivity contribution in [3.8, 4) is 11.1 Å². The van der Waals surface area contributed by atoms with Crippen LogP contribution in [0, 0.1) is 23.5 Å². The Labute approximate surface area is 200 Å². The van der Waals surface area contributed by atoms with Crippen molar-refractivity contribution in [1.29, 1.82) is 0 Å². The van der Waals surface area contributed by atoms with Crippen LogP contribution in [-0.2, 0) is 17.9 Å². The Balaban J connectivity index is 1.62. The average Bonchev–Trinajstić information content (AvgIpc) is 3.37. The van der Waals surface area contributed by atoms with Crippen molar-refractivity contribution in [2.24, 2.45) is 11.8 Å². The van der Waals surface area contributed by atoms with Gasteiger partial charge in [0.15, 0.2) is 0 Å². The molecule has 8 nitrogen and oxygen atoms in total. The van der Waals surface area contributed by atoms with Crippen LogP contribution < -0.4 is 5.56 Å². The number of likely N-dealkylation sites (tertiary alicyclic amines) is 1. The van der Waals surface area contributed by atoms with Crippen LogP contribution >= 0.6 is 0 Å². The number of carbonyl (C=O) groups excluding carboxylic acids is 1. The summed E-state index contributed by atoms with van der Waals surface area (Å²) in [5, 5.41) is 10.3. The van der Waals surface area contributed by atoms with Gasteiger partial charge in [-0.15, -0.1) is 0 Å². The van der Waals surface area contributed by atoms with E-state index in [1.54, 1.807) is 42.0 Å². The van der Waals surface area contributed by atoms with Crippen molar-refractivity contribution in [3.05, 3.63) is 82.3 Å². The van der Waals surface area contributed by atoms with Gasteiger partial charge in [-0.25, -0.2) is 18.7 Å². The van der Waals surface area contributed by atoms with Gasteiger partial charge in [0.05, 0.1) is 17.6 Å². The number of rotatable bonds is 5. The van der Waals surface area contributed by atoms with E-state index in [9.17, 15) is 23.5 Å². The minimum Gasteiger partial charge on any atom is -0.396 e. The number of carbonyl (C=O) groups is 1. The summed E-state index contributed by atoms with van der Waals surface area (Å²) in [6, 6.07) is 5.56. The van der Waals surface area contributed by atoms with Gasteiger partial charge in [-0.3, -0.25) is 14.5 Å². The first-order valence-corrected chi connectivity index (χ1v) is 11.3. The molecule has 0 radical (unpaired) electrons. The Hall–Kier alpha value is -3.50. The van der Waals surface area contributed by atoms with Crippen molar-refractivity contribution < 1.29 is 18.7 Å². The van der Waals surface area contributed by atoms with Gasteiger partial charge in [-0.05, 0) is 30.3 Å². The van der Waals surface area contributed by atoms with E-state index in [0.717, 1.165) is 18.2 Å². The van der Waals surface area contributed by atoms with E-state index in [4.69, 9.17) is 0 Å². The molecule has 3 aromatic rings. The fourth-order valence-corrected chi connectivity index (χ4v) is 5.55. The van der Waals surface area contributed by atoms with Gasteiger partial charge in [0.1, 0.15) is 18.0 Å². The first kappa shape index (κ1) is 23.3. The van der Waals surface area contributed by atoms with Gasteiger partial charge >= 0.3 is 0 Å². The molecule has 4 heterocycles. The second kappa shape index (κ2) is 8.94. The standard InChI is InChI=1S/C25H25F2N5O3/c1-30(2)25(35)23-19(12-33)18-11-31-21(6-4-17(24(31)34)15-8-28-13-29-9-15)22(18)32(23)10-14-7-16(26)3-5-20(14)27/h3-9,13,18-19,22-23,33H,10-12H2,1-2H3/t18-,19-,22+,23-/m1/s1. The number of likely N-dealkylation sites (N-methyl/N-ethyl adjacent to an activating group) is 1. The molecule has 1 N–H and O–H groups in total. The van der Waals surface area contributed by atoms with Gasteiger partial charge in [-0.1, -0.05) is 0 Å². The number of hydrogen-bond acceptors (Lipinski definition) is 6. The summed E-state index contributed by atoms with van der Waals surface area (Å²) in [7, 11) is 3.25. The molecule has 1 aromatic carbocycles. The molecule has 10 heteroatoms. The molecule has 1 amide bonds. The maximum absolute atomic E-state index is 14.6. The van der Waals surface area contributed by atoms with E-state index < -0.39 is 29.6 Å². The summed E-state index contributed by atoms with van der Waals surface area (Å²) in [5.41, 5.74) is 1.58. The maximum atomic E-state index is 14.6. The predicted molar refractivity (Wildman–Crippen MR) is 123 cm³/mol. The van der Waals surface area contributed by atoms with Gasteiger partial charge in [0.2, 0.25) is 5.91 Å². The fraction of sp³-hybridized carbons (Fsp3) is 0.360. The molecule has 0 spiro atoms.